The molecule has 1 heterocycles. The third kappa shape index (κ3) is 10.1. The van der Waals surface area contributed by atoms with Crippen LogP contribution >= 0.6 is 38.5 Å². The van der Waals surface area contributed by atoms with Crippen LogP contribution in [0.2, 0.25) is 0 Å². The first-order chi connectivity index (χ1) is 20.3. The Kier molecular flexibility index (Phi) is 13.5. The van der Waals surface area contributed by atoms with E-state index in [2.05, 4.69) is 56.1 Å². The van der Waals surface area contributed by atoms with Crippen molar-refractivity contribution >= 4 is 78.8 Å². The number of nitrogens with one attached hydrogen (secondary N) is 2. The molecule has 0 saturated carbocycles. The lowest BCUT2D eigenvalue weighted by Crippen LogP contribution is -3.00. The lowest BCUT2D eigenvalue weighted by Gasteiger charge is -2.22. The summed E-state index contributed by atoms with van der Waals surface area (Å²) in [4.78, 5) is 39.6. The molecule has 3 aromatic carbocycles. The number of hydrogen-bond donors (Lipinski definition) is 2. The van der Waals surface area contributed by atoms with Crippen LogP contribution in [0.1, 0.15) is 23.7 Å². The Balaban J connectivity index is 0.00000506. The smallest absolute Gasteiger partial charge is 0.414 e. The van der Waals surface area contributed by atoms with Gasteiger partial charge in [0, 0.05) is 21.1 Å². The number of aryl methyl sites for hydroxylation is 1. The molecule has 3 amide bonds. The maximum atomic E-state index is 13.0. The molecule has 43 heavy (non-hydrogen) atoms. The number of carbonyl (C=O) groups excluding carboxylic acids is 3. The van der Waals surface area contributed by atoms with E-state index < -0.39 is 12.2 Å². The zero-order valence-electron chi connectivity index (χ0n) is 23.4. The van der Waals surface area contributed by atoms with Gasteiger partial charge in [-0.2, -0.15) is 0 Å². The SMILES string of the molecule is CCC[n+]1cc(Br)cc(C(=O)NCCOC(=O)N(CCOC(=O)Nc2cccc3ccccc23)c2ccc(I)cc2)c1.[Cl-]. The van der Waals surface area contributed by atoms with Crippen LogP contribution in [0.4, 0.5) is 21.0 Å². The Labute approximate surface area is 278 Å². The van der Waals surface area contributed by atoms with E-state index in [1.807, 2.05) is 59.3 Å². The molecule has 0 aliphatic carbocycles. The van der Waals surface area contributed by atoms with Crippen molar-refractivity contribution in [3.8, 4) is 0 Å². The van der Waals surface area contributed by atoms with Gasteiger partial charge in [0.1, 0.15) is 25.3 Å². The van der Waals surface area contributed by atoms with Gasteiger partial charge in [0.15, 0.2) is 12.4 Å². The molecule has 0 atom stereocenters. The van der Waals surface area contributed by atoms with Crippen molar-refractivity contribution in [3.05, 3.63) is 98.8 Å². The highest BCUT2D eigenvalue weighted by molar-refractivity contribution is 14.1. The first kappa shape index (κ1) is 34.1. The molecule has 4 aromatic rings. The van der Waals surface area contributed by atoms with Gasteiger partial charge in [-0.05, 0) is 80.3 Å². The van der Waals surface area contributed by atoms with E-state index in [4.69, 9.17) is 9.47 Å². The molecule has 0 unspecified atom stereocenters. The molecule has 0 bridgehead atoms. The Morgan fingerprint density at radius 3 is 2.47 bits per heavy atom. The van der Waals surface area contributed by atoms with Gasteiger partial charge in [0.25, 0.3) is 5.91 Å². The summed E-state index contributed by atoms with van der Waals surface area (Å²) in [6.07, 6.45) is 3.39. The molecule has 0 aliphatic heterocycles. The number of carbonyl (C=O) groups is 3. The van der Waals surface area contributed by atoms with Crippen LogP contribution in [-0.2, 0) is 16.0 Å². The largest absolute Gasteiger partial charge is 1.00 e. The van der Waals surface area contributed by atoms with Crippen molar-refractivity contribution in [3.63, 3.8) is 0 Å². The molecule has 4 rings (SSSR count). The molecule has 2 N–H and O–H groups in total. The molecular formula is C31H31BrClIN4O5. The Morgan fingerprint density at radius 1 is 0.953 bits per heavy atom. The highest BCUT2D eigenvalue weighted by Gasteiger charge is 2.19. The molecule has 9 nitrogen and oxygen atoms in total. The van der Waals surface area contributed by atoms with Gasteiger partial charge >= 0.3 is 12.2 Å². The summed E-state index contributed by atoms with van der Waals surface area (Å²) in [6.45, 7) is 2.97. The first-order valence-electron chi connectivity index (χ1n) is 13.4. The second-order valence-electron chi connectivity index (χ2n) is 9.27. The number of halogens is 3. The van der Waals surface area contributed by atoms with Crippen LogP contribution in [-0.4, -0.2) is 44.4 Å². The molecule has 0 spiro atoms. The number of rotatable bonds is 11. The highest BCUT2D eigenvalue weighted by atomic mass is 127. The zero-order valence-corrected chi connectivity index (χ0v) is 27.9. The van der Waals surface area contributed by atoms with Gasteiger partial charge in [-0.3, -0.25) is 15.0 Å². The van der Waals surface area contributed by atoms with Crippen LogP contribution in [0.5, 0.6) is 0 Å². The lowest BCUT2D eigenvalue weighted by molar-refractivity contribution is -0.697. The average Bonchev–Trinajstić information content (AvgIpc) is 2.98. The number of benzene rings is 3. The maximum Gasteiger partial charge on any atom is 0.414 e. The predicted octanol–water partition coefficient (Wildman–Crippen LogP) is 3.53. The maximum absolute atomic E-state index is 13.0. The number of fused-ring (bicyclic) bond motifs is 1. The molecule has 0 saturated heterocycles. The zero-order chi connectivity index (χ0) is 29.9. The van der Waals surface area contributed by atoms with Crippen molar-refractivity contribution in [2.75, 3.05) is 36.5 Å². The number of anilines is 2. The van der Waals surface area contributed by atoms with Crippen molar-refractivity contribution < 1.29 is 40.8 Å². The van der Waals surface area contributed by atoms with E-state index in [1.54, 1.807) is 30.5 Å². The van der Waals surface area contributed by atoms with Crippen molar-refractivity contribution in [2.45, 2.75) is 19.9 Å². The van der Waals surface area contributed by atoms with Gasteiger partial charge in [-0.1, -0.05) is 43.3 Å². The molecule has 0 aliphatic rings. The van der Waals surface area contributed by atoms with Crippen molar-refractivity contribution in [2.24, 2.45) is 0 Å². The van der Waals surface area contributed by atoms with Crippen LogP contribution in [0, 0.1) is 3.57 Å². The minimum Gasteiger partial charge on any atom is -1.00 e. The van der Waals surface area contributed by atoms with Gasteiger partial charge in [-0.15, -0.1) is 0 Å². The number of aromatic nitrogens is 1. The van der Waals surface area contributed by atoms with Crippen molar-refractivity contribution in [1.82, 2.24) is 5.32 Å². The molecular weight excluding hydrogens is 751 g/mol. The number of amides is 3. The van der Waals surface area contributed by atoms with Crippen LogP contribution in [0.15, 0.2) is 89.7 Å². The Morgan fingerprint density at radius 2 is 1.70 bits per heavy atom. The highest BCUT2D eigenvalue weighted by Crippen LogP contribution is 2.23. The van der Waals surface area contributed by atoms with Crippen LogP contribution in [0.3, 0.4) is 0 Å². The predicted molar refractivity (Wildman–Crippen MR) is 174 cm³/mol. The van der Waals surface area contributed by atoms with Gasteiger partial charge < -0.3 is 27.2 Å². The third-order valence-corrected chi connectivity index (χ3v) is 7.33. The molecule has 0 fully saturated rings. The summed E-state index contributed by atoms with van der Waals surface area (Å²) >= 11 is 5.62. The first-order valence-corrected chi connectivity index (χ1v) is 15.3. The van der Waals surface area contributed by atoms with Gasteiger partial charge in [0.05, 0.1) is 23.2 Å². The summed E-state index contributed by atoms with van der Waals surface area (Å²) < 4.78 is 14.6. The Hall–Kier alpha value is -3.42. The quantitative estimate of drug-likeness (QED) is 0.138. The fraction of sp³-hybridized carbons (Fsp3) is 0.226. The second kappa shape index (κ2) is 17.0. The normalized spacial score (nSPS) is 10.4. The number of pyridine rings is 1. The molecule has 1 aromatic heterocycles. The summed E-state index contributed by atoms with van der Waals surface area (Å²) in [5, 5.41) is 7.45. The Bertz CT molecular complexity index is 1550. The van der Waals surface area contributed by atoms with E-state index in [9.17, 15) is 14.4 Å². The fourth-order valence-corrected chi connectivity index (χ4v) is 5.12. The summed E-state index contributed by atoms with van der Waals surface area (Å²) in [5.74, 6) is -0.266. The minimum atomic E-state index is -0.627. The van der Waals surface area contributed by atoms with Gasteiger partial charge in [0.2, 0.25) is 0 Å². The lowest BCUT2D eigenvalue weighted by atomic mass is 10.1. The summed E-state index contributed by atoms with van der Waals surface area (Å²) in [5.41, 5.74) is 1.73. The summed E-state index contributed by atoms with van der Waals surface area (Å²) in [6, 6.07) is 22.4. The number of ether oxygens (including phenoxy) is 2. The monoisotopic (exact) mass is 780 g/mol. The fourth-order valence-electron chi connectivity index (χ4n) is 4.25. The van der Waals surface area contributed by atoms with E-state index in [0.29, 0.717) is 16.9 Å². The average molecular weight is 782 g/mol. The standard InChI is InChI=1S/C31H30BrIN4O5.ClH/c1-2-15-36-20-23(19-24(32)21-36)29(38)34-14-17-42-31(40)37(26-12-10-25(33)11-13-26)16-18-41-30(39)35-28-9-5-7-22-6-3-4-8-27(22)28;/h3-13,19-21H,2,14-18H2,1H3,(H-,34,35,38,39);1H. The second-order valence-corrected chi connectivity index (χ2v) is 11.4. The molecule has 12 heteroatoms. The van der Waals surface area contributed by atoms with E-state index in [-0.39, 0.29) is 44.6 Å². The third-order valence-electron chi connectivity index (χ3n) is 6.18. The molecule has 226 valence electrons. The van der Waals surface area contributed by atoms with Crippen LogP contribution in [0.25, 0.3) is 10.8 Å². The van der Waals surface area contributed by atoms with E-state index >= 15 is 0 Å². The van der Waals surface area contributed by atoms with E-state index in [1.165, 1.54) is 4.90 Å². The van der Waals surface area contributed by atoms with Gasteiger partial charge in [-0.25, -0.2) is 14.2 Å². The number of nitrogens with zero attached hydrogens (tertiary/aromatic N) is 2. The summed E-state index contributed by atoms with van der Waals surface area (Å²) in [7, 11) is 0. The van der Waals surface area contributed by atoms with Crippen LogP contribution < -0.4 is 32.5 Å². The molecule has 0 radical (unpaired) electrons. The topological polar surface area (TPSA) is 101 Å². The van der Waals surface area contributed by atoms with E-state index in [0.717, 1.165) is 31.8 Å². The minimum absolute atomic E-state index is 0. The number of hydrogen-bond acceptors (Lipinski definition) is 5. The van der Waals surface area contributed by atoms with Crippen molar-refractivity contribution in [1.29, 1.82) is 0 Å².